The minimum atomic E-state index is -0.185. The number of rotatable bonds is 3. The molecule has 1 unspecified atom stereocenters. The van der Waals surface area contributed by atoms with Gasteiger partial charge in [-0.05, 0) is 12.8 Å². The van der Waals surface area contributed by atoms with Crippen molar-refractivity contribution in [2.75, 3.05) is 12.3 Å². The van der Waals surface area contributed by atoms with Crippen molar-refractivity contribution in [1.82, 2.24) is 4.90 Å². The number of hydrogen-bond donors (Lipinski definition) is 1. The number of carbonyl (C=O) groups excluding carboxylic acids is 2. The van der Waals surface area contributed by atoms with Gasteiger partial charge in [0.15, 0.2) is 0 Å². The summed E-state index contributed by atoms with van der Waals surface area (Å²) in [5.74, 6) is 0.523. The predicted molar refractivity (Wildman–Crippen MR) is 53.8 cm³/mol. The van der Waals surface area contributed by atoms with Gasteiger partial charge in [0.05, 0.1) is 6.04 Å². The average molecular weight is 201 g/mol. The highest BCUT2D eigenvalue weighted by Gasteiger charge is 2.30. The molecule has 0 spiro atoms. The van der Waals surface area contributed by atoms with Crippen LogP contribution < -0.4 is 0 Å². The van der Waals surface area contributed by atoms with Crippen molar-refractivity contribution in [1.29, 1.82) is 0 Å². The molecule has 1 aliphatic heterocycles. The van der Waals surface area contributed by atoms with E-state index < -0.39 is 0 Å². The number of amides is 1. The molecular formula is C9H15NO2S. The van der Waals surface area contributed by atoms with Crippen molar-refractivity contribution in [3.05, 3.63) is 0 Å². The maximum absolute atomic E-state index is 11.7. The molecule has 1 amide bonds. The van der Waals surface area contributed by atoms with E-state index in [1.54, 1.807) is 4.90 Å². The minimum Gasteiger partial charge on any atom is -0.333 e. The molecule has 0 N–H and O–H groups in total. The Morgan fingerprint density at radius 1 is 1.77 bits per heavy atom. The maximum Gasteiger partial charge on any atom is 0.226 e. The van der Waals surface area contributed by atoms with Gasteiger partial charge in [-0.15, -0.1) is 0 Å². The Labute approximate surface area is 83.9 Å². The van der Waals surface area contributed by atoms with Crippen LogP contribution in [-0.4, -0.2) is 35.4 Å². The number of hydrogen-bond acceptors (Lipinski definition) is 3. The molecule has 1 heterocycles. The lowest BCUT2D eigenvalue weighted by atomic mass is 10.1. The first-order valence-electron chi connectivity index (χ1n) is 4.57. The predicted octanol–water partition coefficient (Wildman–Crippen LogP) is 0.742. The Bertz CT molecular complexity index is 208. The Morgan fingerprint density at radius 3 is 3.00 bits per heavy atom. The van der Waals surface area contributed by atoms with E-state index in [1.165, 1.54) is 0 Å². The third kappa shape index (κ3) is 2.24. The molecule has 3 nitrogen and oxygen atoms in total. The summed E-state index contributed by atoms with van der Waals surface area (Å²) in [4.78, 5) is 24.0. The number of thiol groups is 1. The summed E-state index contributed by atoms with van der Waals surface area (Å²) in [5.41, 5.74) is 0. The quantitative estimate of drug-likeness (QED) is 0.540. The van der Waals surface area contributed by atoms with Gasteiger partial charge >= 0.3 is 0 Å². The molecule has 1 saturated heterocycles. The van der Waals surface area contributed by atoms with Crippen LogP contribution in [0.1, 0.15) is 19.8 Å². The zero-order chi connectivity index (χ0) is 9.84. The van der Waals surface area contributed by atoms with Gasteiger partial charge in [0.25, 0.3) is 0 Å². The molecule has 0 aromatic rings. The molecule has 0 aromatic heterocycles. The van der Waals surface area contributed by atoms with Gasteiger partial charge in [-0.2, -0.15) is 12.6 Å². The summed E-state index contributed by atoms with van der Waals surface area (Å²) in [5, 5.41) is 0. The lowest BCUT2D eigenvalue weighted by molar-refractivity contribution is -0.137. The molecule has 0 aromatic carbocycles. The lowest BCUT2D eigenvalue weighted by Gasteiger charge is -2.23. The molecule has 0 radical (unpaired) electrons. The van der Waals surface area contributed by atoms with Crippen molar-refractivity contribution in [3.63, 3.8) is 0 Å². The van der Waals surface area contributed by atoms with E-state index in [1.807, 2.05) is 6.92 Å². The van der Waals surface area contributed by atoms with E-state index in [0.29, 0.717) is 5.75 Å². The molecule has 13 heavy (non-hydrogen) atoms. The zero-order valence-corrected chi connectivity index (χ0v) is 8.67. The molecule has 74 valence electrons. The first kappa shape index (κ1) is 10.6. The van der Waals surface area contributed by atoms with Crippen LogP contribution in [0.25, 0.3) is 0 Å². The number of nitrogens with zero attached hydrogens (tertiary/aromatic N) is 1. The molecule has 2 atom stereocenters. The monoisotopic (exact) mass is 201 g/mol. The second-order valence-corrected chi connectivity index (χ2v) is 3.83. The van der Waals surface area contributed by atoms with E-state index in [-0.39, 0.29) is 17.9 Å². The fourth-order valence-electron chi connectivity index (χ4n) is 1.57. The number of likely N-dealkylation sites (tertiary alicyclic amines) is 1. The van der Waals surface area contributed by atoms with Crippen LogP contribution in [0, 0.1) is 5.92 Å². The van der Waals surface area contributed by atoms with Gasteiger partial charge in [0.1, 0.15) is 6.29 Å². The van der Waals surface area contributed by atoms with Crippen molar-refractivity contribution in [2.24, 2.45) is 5.92 Å². The Morgan fingerprint density at radius 2 is 2.46 bits per heavy atom. The Hall–Kier alpha value is -0.510. The third-order valence-electron chi connectivity index (χ3n) is 2.43. The van der Waals surface area contributed by atoms with Crippen LogP contribution in [0.3, 0.4) is 0 Å². The zero-order valence-electron chi connectivity index (χ0n) is 7.77. The molecule has 1 aliphatic rings. The minimum absolute atomic E-state index is 0.0598. The maximum atomic E-state index is 11.7. The second kappa shape index (κ2) is 4.65. The summed E-state index contributed by atoms with van der Waals surface area (Å²) < 4.78 is 0. The van der Waals surface area contributed by atoms with Crippen molar-refractivity contribution in [3.8, 4) is 0 Å². The summed E-state index contributed by atoms with van der Waals surface area (Å²) in [7, 11) is 0. The fraction of sp³-hybridized carbons (Fsp3) is 0.778. The van der Waals surface area contributed by atoms with E-state index in [9.17, 15) is 9.59 Å². The van der Waals surface area contributed by atoms with E-state index in [2.05, 4.69) is 12.6 Å². The molecule has 1 fully saturated rings. The van der Waals surface area contributed by atoms with Crippen molar-refractivity contribution < 1.29 is 9.59 Å². The molecule has 0 bridgehead atoms. The summed E-state index contributed by atoms with van der Waals surface area (Å²) >= 11 is 4.07. The van der Waals surface area contributed by atoms with Gasteiger partial charge in [0.2, 0.25) is 5.91 Å². The van der Waals surface area contributed by atoms with Crippen molar-refractivity contribution in [2.45, 2.75) is 25.8 Å². The van der Waals surface area contributed by atoms with Gasteiger partial charge in [-0.1, -0.05) is 6.92 Å². The normalized spacial score (nSPS) is 24.5. The Balaban J connectivity index is 2.59. The van der Waals surface area contributed by atoms with E-state index in [0.717, 1.165) is 25.7 Å². The smallest absolute Gasteiger partial charge is 0.226 e. The second-order valence-electron chi connectivity index (χ2n) is 3.46. The summed E-state index contributed by atoms with van der Waals surface area (Å²) in [6.07, 6.45) is 2.62. The van der Waals surface area contributed by atoms with Gasteiger partial charge in [0, 0.05) is 18.2 Å². The first-order chi connectivity index (χ1) is 6.20. The van der Waals surface area contributed by atoms with Gasteiger partial charge < -0.3 is 9.69 Å². The van der Waals surface area contributed by atoms with Crippen LogP contribution in [0.4, 0.5) is 0 Å². The topological polar surface area (TPSA) is 37.4 Å². The van der Waals surface area contributed by atoms with Gasteiger partial charge in [-0.3, -0.25) is 4.79 Å². The van der Waals surface area contributed by atoms with Gasteiger partial charge in [-0.25, -0.2) is 0 Å². The van der Waals surface area contributed by atoms with Crippen LogP contribution in [0.5, 0.6) is 0 Å². The molecule has 0 saturated carbocycles. The SMILES string of the molecule is C[C@@H](CS)C(=O)N1CCCC1C=O. The highest BCUT2D eigenvalue weighted by molar-refractivity contribution is 7.80. The number of aldehydes is 1. The van der Waals surface area contributed by atoms with E-state index in [4.69, 9.17) is 0 Å². The molecule has 4 heteroatoms. The number of carbonyl (C=O) groups is 2. The van der Waals surface area contributed by atoms with Crippen molar-refractivity contribution >= 4 is 24.8 Å². The van der Waals surface area contributed by atoms with Crippen LogP contribution in [-0.2, 0) is 9.59 Å². The molecule has 0 aliphatic carbocycles. The highest BCUT2D eigenvalue weighted by atomic mass is 32.1. The summed E-state index contributed by atoms with van der Waals surface area (Å²) in [6.45, 7) is 2.57. The first-order valence-corrected chi connectivity index (χ1v) is 5.20. The molecular weight excluding hydrogens is 186 g/mol. The lowest BCUT2D eigenvalue weighted by Crippen LogP contribution is -2.40. The molecule has 1 rings (SSSR count). The third-order valence-corrected chi connectivity index (χ3v) is 2.98. The summed E-state index contributed by atoms with van der Waals surface area (Å²) in [6, 6.07) is -0.185. The fourth-order valence-corrected chi connectivity index (χ4v) is 1.72. The van der Waals surface area contributed by atoms with Crippen LogP contribution in [0.2, 0.25) is 0 Å². The van der Waals surface area contributed by atoms with E-state index >= 15 is 0 Å². The highest BCUT2D eigenvalue weighted by Crippen LogP contribution is 2.18. The van der Waals surface area contributed by atoms with Crippen LogP contribution in [0.15, 0.2) is 0 Å². The standard InChI is InChI=1S/C9H15NO2S/c1-7(6-13)9(12)10-4-2-3-8(10)5-11/h5,7-8,13H,2-4,6H2,1H3/t7-,8?/m0/s1. The Kier molecular flexibility index (Phi) is 3.78. The average Bonchev–Trinajstić information content (AvgIpc) is 2.62. The largest absolute Gasteiger partial charge is 0.333 e. The van der Waals surface area contributed by atoms with Crippen LogP contribution >= 0.6 is 12.6 Å².